The van der Waals surface area contributed by atoms with Crippen molar-refractivity contribution < 1.29 is 46.5 Å². The number of aliphatic hydroxyl groups excluding tert-OH is 1. The highest BCUT2D eigenvalue weighted by Gasteiger charge is 2.78. The lowest BCUT2D eigenvalue weighted by atomic mass is 9.44. The number of hydrogen-bond acceptors (Lipinski definition) is 7. The fraction of sp³-hybridized carbons (Fsp3) is 0.552. The van der Waals surface area contributed by atoms with Crippen LogP contribution in [0.1, 0.15) is 50.4 Å². The highest BCUT2D eigenvalue weighted by molar-refractivity contribution is 6.01. The van der Waals surface area contributed by atoms with Gasteiger partial charge in [-0.05, 0) is 68.0 Å². The standard InChI is InChI=1S/C29H31F4NO6/c1-14-8-17-18-11-21(32)19-10-16(35)6-7-26(19,2)28(18,33)23(36)12-27(17,3)29(14,25(38)39-13-30)40-24(37)15-4-5-20(31)22(34)9-15/h4-7,9-10,14,17-18,21,23,36H,8,11-13,34H2,1-3H3/t14-,17+,18+,21+,23+,26+,27+,28+,29+/m1/s1. The molecule has 40 heavy (non-hydrogen) atoms. The van der Waals surface area contributed by atoms with Crippen molar-refractivity contribution in [2.24, 2.45) is 28.6 Å². The predicted octanol–water partition coefficient (Wildman–Crippen LogP) is 4.34. The summed E-state index contributed by atoms with van der Waals surface area (Å²) >= 11 is 0. The number of aliphatic hydroxyl groups is 1. The first-order valence-electron chi connectivity index (χ1n) is 13.1. The zero-order valence-electron chi connectivity index (χ0n) is 22.3. The number of carbonyl (C=O) groups excluding carboxylic acids is 3. The van der Waals surface area contributed by atoms with Gasteiger partial charge in [0.2, 0.25) is 12.5 Å². The number of ketones is 1. The van der Waals surface area contributed by atoms with Gasteiger partial charge in [0.1, 0.15) is 12.0 Å². The van der Waals surface area contributed by atoms with Gasteiger partial charge in [-0.3, -0.25) is 4.79 Å². The molecule has 4 aliphatic carbocycles. The third-order valence-corrected chi connectivity index (χ3v) is 10.1. The summed E-state index contributed by atoms with van der Waals surface area (Å²) in [6, 6.07) is 3.07. The lowest BCUT2D eigenvalue weighted by molar-refractivity contribution is -0.232. The molecule has 0 saturated heterocycles. The Hall–Kier alpha value is -3.21. The monoisotopic (exact) mass is 565 g/mol. The molecule has 3 N–H and O–H groups in total. The molecule has 0 amide bonds. The van der Waals surface area contributed by atoms with E-state index in [1.807, 2.05) is 0 Å². The third-order valence-electron chi connectivity index (χ3n) is 10.1. The summed E-state index contributed by atoms with van der Waals surface area (Å²) in [5, 5.41) is 11.5. The Labute approximate surface area is 228 Å². The van der Waals surface area contributed by atoms with Crippen molar-refractivity contribution in [2.45, 2.75) is 63.6 Å². The molecule has 0 aliphatic heterocycles. The summed E-state index contributed by atoms with van der Waals surface area (Å²) < 4.78 is 70.8. The van der Waals surface area contributed by atoms with Crippen molar-refractivity contribution >= 4 is 23.4 Å². The van der Waals surface area contributed by atoms with E-state index in [0.29, 0.717) is 0 Å². The molecule has 1 aromatic carbocycles. The molecule has 0 radical (unpaired) electrons. The van der Waals surface area contributed by atoms with Gasteiger partial charge in [0.05, 0.1) is 17.4 Å². The number of carbonyl (C=O) groups is 3. The second-order valence-corrected chi connectivity index (χ2v) is 11.9. The highest BCUT2D eigenvalue weighted by atomic mass is 19.2. The number of allylic oxidation sites excluding steroid dienone is 4. The lowest BCUT2D eigenvalue weighted by Gasteiger charge is -2.63. The number of benzene rings is 1. The third kappa shape index (κ3) is 3.48. The van der Waals surface area contributed by atoms with Gasteiger partial charge in [-0.1, -0.05) is 19.9 Å². The fourth-order valence-electron chi connectivity index (χ4n) is 8.25. The van der Waals surface area contributed by atoms with E-state index in [9.17, 15) is 28.3 Å². The Morgan fingerprint density at radius 2 is 1.90 bits per heavy atom. The first-order valence-corrected chi connectivity index (χ1v) is 13.1. The summed E-state index contributed by atoms with van der Waals surface area (Å²) in [5.41, 5.74) is -2.81. The largest absolute Gasteiger partial charge is 0.443 e. The maximum Gasteiger partial charge on any atom is 0.353 e. The number of anilines is 1. The number of esters is 2. The van der Waals surface area contributed by atoms with Crippen LogP contribution >= 0.6 is 0 Å². The molecule has 216 valence electrons. The van der Waals surface area contributed by atoms with Crippen molar-refractivity contribution in [3.05, 3.63) is 53.4 Å². The van der Waals surface area contributed by atoms with Crippen LogP contribution in [0, 0.1) is 34.4 Å². The number of nitrogens with two attached hydrogens (primary N) is 1. The Bertz CT molecular complexity index is 1350. The molecular weight excluding hydrogens is 534 g/mol. The van der Waals surface area contributed by atoms with Crippen molar-refractivity contribution in [2.75, 3.05) is 12.6 Å². The van der Waals surface area contributed by atoms with Gasteiger partial charge in [0.25, 0.3) is 0 Å². The summed E-state index contributed by atoms with van der Waals surface area (Å²) in [6.07, 6.45) is -0.746. The van der Waals surface area contributed by atoms with Gasteiger partial charge < -0.3 is 20.3 Å². The van der Waals surface area contributed by atoms with Crippen LogP contribution in [0.3, 0.4) is 0 Å². The van der Waals surface area contributed by atoms with Gasteiger partial charge >= 0.3 is 11.9 Å². The van der Waals surface area contributed by atoms with Crippen LogP contribution in [-0.2, 0) is 19.1 Å². The summed E-state index contributed by atoms with van der Waals surface area (Å²) in [6.45, 7) is 2.99. The smallest absolute Gasteiger partial charge is 0.353 e. The molecule has 11 heteroatoms. The predicted molar refractivity (Wildman–Crippen MR) is 134 cm³/mol. The minimum absolute atomic E-state index is 0.0594. The fourth-order valence-corrected chi connectivity index (χ4v) is 8.25. The Morgan fingerprint density at radius 3 is 2.55 bits per heavy atom. The normalized spacial score (nSPS) is 41.9. The second-order valence-electron chi connectivity index (χ2n) is 11.9. The van der Waals surface area contributed by atoms with Gasteiger partial charge in [-0.15, -0.1) is 0 Å². The molecule has 5 rings (SSSR count). The van der Waals surface area contributed by atoms with Crippen LogP contribution < -0.4 is 5.73 Å². The van der Waals surface area contributed by atoms with Crippen LogP contribution in [0.15, 0.2) is 42.0 Å². The maximum atomic E-state index is 17.4. The molecule has 0 heterocycles. The number of fused-ring (bicyclic) bond motifs is 5. The van der Waals surface area contributed by atoms with E-state index in [2.05, 4.69) is 0 Å². The van der Waals surface area contributed by atoms with Crippen LogP contribution in [0.25, 0.3) is 0 Å². The zero-order valence-corrected chi connectivity index (χ0v) is 22.3. The average Bonchev–Trinajstić information content (AvgIpc) is 3.11. The number of nitrogen functional groups attached to an aromatic ring is 1. The van der Waals surface area contributed by atoms with E-state index in [4.69, 9.17) is 15.2 Å². The molecule has 4 aliphatic rings. The molecule has 0 bridgehead atoms. The van der Waals surface area contributed by atoms with Crippen molar-refractivity contribution in [1.29, 1.82) is 0 Å². The SMILES string of the molecule is C[C@@H]1C[C@H]2[C@@H]3C[C@H](F)C4=CC(=O)C=C[C@]4(C)[C@@]3(F)[C@@H](O)C[C@]2(C)[C@@]1(OC(=O)c1ccc(F)c(N)c1)C(=O)OCF. The maximum absolute atomic E-state index is 17.4. The number of halogens is 4. The Balaban J connectivity index is 1.62. The summed E-state index contributed by atoms with van der Waals surface area (Å²) in [4.78, 5) is 38.9. The molecule has 0 aromatic heterocycles. The zero-order chi connectivity index (χ0) is 29.4. The minimum atomic E-state index is -2.43. The molecule has 1 aromatic rings. The summed E-state index contributed by atoms with van der Waals surface area (Å²) in [7, 11) is 0. The molecule has 7 nitrogen and oxygen atoms in total. The number of rotatable bonds is 4. The highest BCUT2D eigenvalue weighted by Crippen LogP contribution is 2.71. The van der Waals surface area contributed by atoms with E-state index < -0.39 is 88.9 Å². The van der Waals surface area contributed by atoms with E-state index in [0.717, 1.165) is 30.4 Å². The van der Waals surface area contributed by atoms with Gasteiger partial charge in [0, 0.05) is 22.7 Å². The molecule has 0 spiro atoms. The van der Waals surface area contributed by atoms with Gasteiger partial charge in [-0.25, -0.2) is 27.2 Å². The van der Waals surface area contributed by atoms with Crippen LogP contribution in [0.4, 0.5) is 23.2 Å². The second kappa shape index (κ2) is 9.15. The van der Waals surface area contributed by atoms with Crippen molar-refractivity contribution in [3.8, 4) is 0 Å². The van der Waals surface area contributed by atoms with Crippen molar-refractivity contribution in [3.63, 3.8) is 0 Å². The number of ether oxygens (including phenoxy) is 2. The first kappa shape index (κ1) is 28.3. The van der Waals surface area contributed by atoms with E-state index in [1.165, 1.54) is 19.9 Å². The molecular formula is C29H31F4NO6. The quantitative estimate of drug-likeness (QED) is 0.317. The van der Waals surface area contributed by atoms with Crippen LogP contribution in [0.2, 0.25) is 0 Å². The van der Waals surface area contributed by atoms with E-state index >= 15 is 8.78 Å². The van der Waals surface area contributed by atoms with Crippen molar-refractivity contribution in [1.82, 2.24) is 0 Å². The topological polar surface area (TPSA) is 116 Å². The summed E-state index contributed by atoms with van der Waals surface area (Å²) in [5.74, 6) is -6.43. The van der Waals surface area contributed by atoms with Gasteiger partial charge in [0.15, 0.2) is 11.5 Å². The molecule has 3 fully saturated rings. The number of hydrogen-bond donors (Lipinski definition) is 2. The molecule has 3 saturated carbocycles. The van der Waals surface area contributed by atoms with Crippen LogP contribution in [0.5, 0.6) is 0 Å². The minimum Gasteiger partial charge on any atom is -0.443 e. The molecule has 9 atom stereocenters. The average molecular weight is 566 g/mol. The first-order chi connectivity index (χ1) is 18.7. The van der Waals surface area contributed by atoms with Gasteiger partial charge in [-0.2, -0.15) is 0 Å². The van der Waals surface area contributed by atoms with E-state index in [-0.39, 0.29) is 29.7 Å². The van der Waals surface area contributed by atoms with E-state index in [1.54, 1.807) is 6.92 Å². The lowest BCUT2D eigenvalue weighted by Crippen LogP contribution is -2.71. The van der Waals surface area contributed by atoms with Crippen LogP contribution in [-0.4, -0.2) is 53.2 Å². The Morgan fingerprint density at radius 1 is 1.20 bits per heavy atom. The molecule has 0 unspecified atom stereocenters. The Kier molecular flexibility index (Phi) is 6.48. The number of alkyl halides is 3.